The van der Waals surface area contributed by atoms with E-state index in [0.29, 0.717) is 0 Å². The first kappa shape index (κ1) is 16.9. The van der Waals surface area contributed by atoms with E-state index in [-0.39, 0.29) is 30.0 Å². The van der Waals surface area contributed by atoms with E-state index in [0.717, 1.165) is 49.7 Å². The second-order valence-electron chi connectivity index (χ2n) is 8.25. The molecule has 27 heavy (non-hydrogen) atoms. The standard InChI is InChI=1S/C21H26N4O2/c1-13-16-5-2-3-6-17(16)23-21(22-13)24-10-14-9-15(11-24)19(12-26)25-18(14)7-4-8-20(25)27/h4,7-8,14-15,19,26H,2-3,5-6,9-12H2,1H3/t14-,15+,19+/m1/s1. The highest BCUT2D eigenvalue weighted by atomic mass is 16.3. The van der Waals surface area contributed by atoms with Gasteiger partial charge in [-0.1, -0.05) is 6.07 Å². The van der Waals surface area contributed by atoms with Crippen molar-refractivity contribution in [3.8, 4) is 0 Å². The number of nitrogens with zero attached hydrogens (tertiary/aromatic N) is 4. The average Bonchev–Trinajstić information content (AvgIpc) is 2.69. The number of piperidine rings is 1. The molecule has 1 N–H and O–H groups in total. The largest absolute Gasteiger partial charge is 0.394 e. The number of aromatic nitrogens is 3. The lowest BCUT2D eigenvalue weighted by Crippen LogP contribution is -2.51. The number of aliphatic hydroxyl groups is 1. The smallest absolute Gasteiger partial charge is 0.251 e. The van der Waals surface area contributed by atoms with Crippen molar-refractivity contribution < 1.29 is 5.11 Å². The van der Waals surface area contributed by atoms with Crippen LogP contribution in [-0.2, 0) is 12.8 Å². The van der Waals surface area contributed by atoms with Gasteiger partial charge in [0.15, 0.2) is 0 Å². The molecule has 3 atom stereocenters. The summed E-state index contributed by atoms with van der Waals surface area (Å²) >= 11 is 0. The molecule has 0 spiro atoms. The second kappa shape index (κ2) is 6.44. The second-order valence-corrected chi connectivity index (χ2v) is 8.25. The Balaban J connectivity index is 1.53. The van der Waals surface area contributed by atoms with Gasteiger partial charge in [-0.25, -0.2) is 9.97 Å². The lowest BCUT2D eigenvalue weighted by Gasteiger charge is -2.46. The zero-order valence-electron chi connectivity index (χ0n) is 15.8. The fourth-order valence-corrected chi connectivity index (χ4v) is 5.35. The molecular formula is C21H26N4O2. The van der Waals surface area contributed by atoms with Gasteiger partial charge in [-0.2, -0.15) is 0 Å². The van der Waals surface area contributed by atoms with Crippen LogP contribution in [0.4, 0.5) is 5.95 Å². The van der Waals surface area contributed by atoms with E-state index < -0.39 is 0 Å². The number of aryl methyl sites for hydroxylation is 2. The number of rotatable bonds is 2. The van der Waals surface area contributed by atoms with Crippen molar-refractivity contribution in [1.82, 2.24) is 14.5 Å². The van der Waals surface area contributed by atoms with Crippen molar-refractivity contribution in [1.29, 1.82) is 0 Å². The van der Waals surface area contributed by atoms with Gasteiger partial charge in [-0.05, 0) is 50.7 Å². The van der Waals surface area contributed by atoms with Crippen LogP contribution in [0.25, 0.3) is 0 Å². The van der Waals surface area contributed by atoms with Crippen LogP contribution in [0.1, 0.15) is 53.9 Å². The minimum atomic E-state index is -0.161. The number of hydrogen-bond donors (Lipinski definition) is 1. The molecule has 1 fully saturated rings. The molecule has 0 unspecified atom stereocenters. The number of hydrogen-bond acceptors (Lipinski definition) is 5. The first-order chi connectivity index (χ1) is 13.2. The van der Waals surface area contributed by atoms with E-state index in [1.807, 2.05) is 16.7 Å². The highest BCUT2D eigenvalue weighted by Gasteiger charge is 2.41. The number of fused-ring (bicyclic) bond motifs is 5. The van der Waals surface area contributed by atoms with E-state index in [4.69, 9.17) is 9.97 Å². The molecule has 142 valence electrons. The van der Waals surface area contributed by atoms with Crippen LogP contribution in [0, 0.1) is 12.8 Å². The Morgan fingerprint density at radius 3 is 2.89 bits per heavy atom. The molecule has 6 heteroatoms. The summed E-state index contributed by atoms with van der Waals surface area (Å²) in [6, 6.07) is 5.31. The van der Waals surface area contributed by atoms with Crippen LogP contribution in [0.3, 0.4) is 0 Å². The van der Waals surface area contributed by atoms with Crippen LogP contribution in [0.5, 0.6) is 0 Å². The Morgan fingerprint density at radius 2 is 2.04 bits per heavy atom. The van der Waals surface area contributed by atoms with Crippen LogP contribution in [0.2, 0.25) is 0 Å². The minimum absolute atomic E-state index is 0.00410. The van der Waals surface area contributed by atoms with Crippen molar-refractivity contribution >= 4 is 5.95 Å². The predicted octanol–water partition coefficient (Wildman–Crippen LogP) is 1.98. The molecule has 2 bridgehead atoms. The third-order valence-electron chi connectivity index (χ3n) is 6.65. The Bertz CT molecular complexity index is 938. The molecule has 3 aliphatic rings. The maximum atomic E-state index is 12.4. The maximum absolute atomic E-state index is 12.4. The van der Waals surface area contributed by atoms with Crippen LogP contribution >= 0.6 is 0 Å². The van der Waals surface area contributed by atoms with Crippen molar-refractivity contribution in [2.45, 2.75) is 51.0 Å². The molecule has 1 aliphatic carbocycles. The topological polar surface area (TPSA) is 71.2 Å². The summed E-state index contributed by atoms with van der Waals surface area (Å²) in [5.41, 5.74) is 4.70. The summed E-state index contributed by atoms with van der Waals surface area (Å²) in [5.74, 6) is 1.34. The molecule has 0 amide bonds. The average molecular weight is 366 g/mol. The third kappa shape index (κ3) is 2.69. The Hall–Kier alpha value is -2.21. The molecule has 5 rings (SSSR count). The SMILES string of the molecule is Cc1nc(N2C[C@H]3C[C@@H](C2)[C@H](CO)n2c3cccc2=O)nc2c1CCCC2. The Kier molecular flexibility index (Phi) is 4.04. The van der Waals surface area contributed by atoms with Gasteiger partial charge in [0.2, 0.25) is 5.95 Å². The summed E-state index contributed by atoms with van der Waals surface area (Å²) in [6.07, 6.45) is 5.58. The lowest BCUT2D eigenvalue weighted by atomic mass is 9.78. The fraction of sp³-hybridized carbons (Fsp3) is 0.571. The molecule has 4 heterocycles. The zero-order chi connectivity index (χ0) is 18.5. The highest BCUT2D eigenvalue weighted by Crippen LogP contribution is 2.41. The zero-order valence-corrected chi connectivity index (χ0v) is 15.8. The van der Waals surface area contributed by atoms with Gasteiger partial charge >= 0.3 is 0 Å². The predicted molar refractivity (Wildman–Crippen MR) is 103 cm³/mol. The Morgan fingerprint density at radius 1 is 1.19 bits per heavy atom. The molecule has 6 nitrogen and oxygen atoms in total. The summed E-state index contributed by atoms with van der Waals surface area (Å²) in [4.78, 5) is 24.5. The van der Waals surface area contributed by atoms with Crippen molar-refractivity contribution in [3.05, 3.63) is 51.2 Å². The van der Waals surface area contributed by atoms with Crippen LogP contribution < -0.4 is 10.5 Å². The van der Waals surface area contributed by atoms with Gasteiger partial charge in [0.05, 0.1) is 12.6 Å². The van der Waals surface area contributed by atoms with E-state index in [1.54, 1.807) is 6.07 Å². The van der Waals surface area contributed by atoms with Gasteiger partial charge in [-0.15, -0.1) is 0 Å². The van der Waals surface area contributed by atoms with Gasteiger partial charge in [0.1, 0.15) is 0 Å². The van der Waals surface area contributed by atoms with Crippen LogP contribution in [-0.4, -0.2) is 39.3 Å². The number of anilines is 1. The highest BCUT2D eigenvalue weighted by molar-refractivity contribution is 5.40. The first-order valence-electron chi connectivity index (χ1n) is 10.1. The maximum Gasteiger partial charge on any atom is 0.251 e. The van der Waals surface area contributed by atoms with Gasteiger partial charge in [0.25, 0.3) is 5.56 Å². The van der Waals surface area contributed by atoms with Gasteiger partial charge in [-0.3, -0.25) is 4.79 Å². The summed E-state index contributed by atoms with van der Waals surface area (Å²) in [6.45, 7) is 3.72. The number of pyridine rings is 1. The normalized spacial score (nSPS) is 26.4. The molecule has 2 aliphatic heterocycles. The molecule has 0 saturated carbocycles. The minimum Gasteiger partial charge on any atom is -0.394 e. The molecular weight excluding hydrogens is 340 g/mol. The monoisotopic (exact) mass is 366 g/mol. The van der Waals surface area contributed by atoms with E-state index in [2.05, 4.69) is 11.8 Å². The summed E-state index contributed by atoms with van der Waals surface area (Å²) in [7, 11) is 0. The molecule has 0 radical (unpaired) electrons. The molecule has 2 aromatic rings. The molecule has 1 saturated heterocycles. The molecule has 2 aromatic heterocycles. The van der Waals surface area contributed by atoms with Crippen molar-refractivity contribution in [3.63, 3.8) is 0 Å². The molecule has 0 aromatic carbocycles. The van der Waals surface area contributed by atoms with Crippen molar-refractivity contribution in [2.24, 2.45) is 5.92 Å². The Labute approximate surface area is 158 Å². The lowest BCUT2D eigenvalue weighted by molar-refractivity contribution is 0.131. The third-order valence-corrected chi connectivity index (χ3v) is 6.65. The van der Waals surface area contributed by atoms with Crippen LogP contribution in [0.15, 0.2) is 23.0 Å². The van der Waals surface area contributed by atoms with Gasteiger partial charge in [0, 0.05) is 48.1 Å². The van der Waals surface area contributed by atoms with Gasteiger partial charge < -0.3 is 14.6 Å². The quantitative estimate of drug-likeness (QED) is 0.880. The van der Waals surface area contributed by atoms with E-state index >= 15 is 0 Å². The first-order valence-corrected chi connectivity index (χ1v) is 10.1. The fourth-order valence-electron chi connectivity index (χ4n) is 5.35. The summed E-state index contributed by atoms with van der Waals surface area (Å²) in [5, 5.41) is 10.0. The van der Waals surface area contributed by atoms with E-state index in [9.17, 15) is 9.90 Å². The van der Waals surface area contributed by atoms with E-state index in [1.165, 1.54) is 24.1 Å². The van der Waals surface area contributed by atoms with Crippen molar-refractivity contribution in [2.75, 3.05) is 24.6 Å². The summed E-state index contributed by atoms with van der Waals surface area (Å²) < 4.78 is 1.83. The number of aliphatic hydroxyl groups excluding tert-OH is 1.